The van der Waals surface area contributed by atoms with Crippen LogP contribution in [0.25, 0.3) is 10.9 Å². The maximum absolute atomic E-state index is 6.08. The highest BCUT2D eigenvalue weighted by Gasteiger charge is 2.15. The zero-order valence-electron chi connectivity index (χ0n) is 10.5. The lowest BCUT2D eigenvalue weighted by molar-refractivity contribution is 0.518. The summed E-state index contributed by atoms with van der Waals surface area (Å²) in [6.07, 6.45) is 2.99. The third kappa shape index (κ3) is 2.12. The highest BCUT2D eigenvalue weighted by Crippen LogP contribution is 2.25. The third-order valence-corrected chi connectivity index (χ3v) is 2.86. The molecule has 2 nitrogen and oxygen atoms in total. The quantitative estimate of drug-likeness (QED) is 0.796. The minimum Gasteiger partial charge on any atom is -0.361 e. The van der Waals surface area contributed by atoms with Crippen LogP contribution < -0.4 is 5.73 Å². The fourth-order valence-electron chi connectivity index (χ4n) is 2.29. The van der Waals surface area contributed by atoms with E-state index in [4.69, 9.17) is 5.73 Å². The topological polar surface area (TPSA) is 41.8 Å². The first-order chi connectivity index (χ1) is 7.37. The summed E-state index contributed by atoms with van der Waals surface area (Å²) >= 11 is 0. The monoisotopic (exact) mass is 216 g/mol. The molecule has 86 valence electrons. The van der Waals surface area contributed by atoms with E-state index in [-0.39, 0.29) is 5.54 Å². The third-order valence-electron chi connectivity index (χ3n) is 2.86. The molecule has 0 radical (unpaired) electrons. The first-order valence-corrected chi connectivity index (χ1v) is 5.73. The van der Waals surface area contributed by atoms with Crippen LogP contribution in [-0.4, -0.2) is 10.5 Å². The number of fused-ring (bicyclic) bond motifs is 1. The standard InChI is InChI=1S/C14H20N2/c1-9-5-10(2)13-12(6-9)11(8-16-13)7-14(3,4)15/h5-6,8,16H,7,15H2,1-4H3. The Morgan fingerprint density at radius 2 is 1.94 bits per heavy atom. The summed E-state index contributed by atoms with van der Waals surface area (Å²) in [7, 11) is 0. The van der Waals surface area contributed by atoms with Gasteiger partial charge in [0, 0.05) is 22.6 Å². The van der Waals surface area contributed by atoms with Gasteiger partial charge >= 0.3 is 0 Å². The molecule has 2 rings (SSSR count). The Kier molecular flexibility index (Phi) is 2.55. The lowest BCUT2D eigenvalue weighted by Gasteiger charge is -2.17. The van der Waals surface area contributed by atoms with Crippen molar-refractivity contribution in [1.29, 1.82) is 0 Å². The molecular weight excluding hydrogens is 196 g/mol. The van der Waals surface area contributed by atoms with Crippen molar-refractivity contribution in [2.45, 2.75) is 39.7 Å². The molecule has 2 aromatic rings. The molecule has 1 heterocycles. The van der Waals surface area contributed by atoms with E-state index in [1.165, 1.54) is 27.6 Å². The molecule has 1 aromatic heterocycles. The fraction of sp³-hybridized carbons (Fsp3) is 0.429. The van der Waals surface area contributed by atoms with Crippen molar-refractivity contribution < 1.29 is 0 Å². The van der Waals surface area contributed by atoms with E-state index in [1.54, 1.807) is 0 Å². The minimum absolute atomic E-state index is 0.160. The Hall–Kier alpha value is -1.28. The van der Waals surface area contributed by atoms with E-state index in [0.717, 1.165) is 6.42 Å². The molecule has 16 heavy (non-hydrogen) atoms. The smallest absolute Gasteiger partial charge is 0.0486 e. The Morgan fingerprint density at radius 3 is 2.56 bits per heavy atom. The van der Waals surface area contributed by atoms with Gasteiger partial charge in [0.1, 0.15) is 0 Å². The molecule has 0 bridgehead atoms. The highest BCUT2D eigenvalue weighted by molar-refractivity contribution is 5.86. The molecule has 0 aliphatic rings. The van der Waals surface area contributed by atoms with Crippen LogP contribution >= 0.6 is 0 Å². The molecule has 0 aliphatic carbocycles. The van der Waals surface area contributed by atoms with Crippen molar-refractivity contribution in [1.82, 2.24) is 4.98 Å². The largest absolute Gasteiger partial charge is 0.361 e. The zero-order chi connectivity index (χ0) is 11.9. The minimum atomic E-state index is -0.160. The van der Waals surface area contributed by atoms with Gasteiger partial charge in [-0.05, 0) is 51.3 Å². The number of nitrogens with one attached hydrogen (secondary N) is 1. The summed E-state index contributed by atoms with van der Waals surface area (Å²) in [5.74, 6) is 0. The van der Waals surface area contributed by atoms with Gasteiger partial charge in [-0.25, -0.2) is 0 Å². The van der Waals surface area contributed by atoms with Crippen LogP contribution in [0.15, 0.2) is 18.3 Å². The van der Waals surface area contributed by atoms with Gasteiger partial charge in [-0.3, -0.25) is 0 Å². The molecule has 0 unspecified atom stereocenters. The van der Waals surface area contributed by atoms with E-state index in [9.17, 15) is 0 Å². The van der Waals surface area contributed by atoms with Crippen LogP contribution in [0.1, 0.15) is 30.5 Å². The number of hydrogen-bond donors (Lipinski definition) is 2. The van der Waals surface area contributed by atoms with Crippen molar-refractivity contribution in [3.63, 3.8) is 0 Å². The Morgan fingerprint density at radius 1 is 1.25 bits per heavy atom. The second kappa shape index (κ2) is 3.63. The van der Waals surface area contributed by atoms with Crippen molar-refractivity contribution in [2.24, 2.45) is 5.73 Å². The highest BCUT2D eigenvalue weighted by atomic mass is 14.7. The average molecular weight is 216 g/mol. The molecule has 0 aliphatic heterocycles. The lowest BCUT2D eigenvalue weighted by atomic mass is 9.95. The number of aryl methyl sites for hydroxylation is 2. The number of rotatable bonds is 2. The first-order valence-electron chi connectivity index (χ1n) is 5.73. The van der Waals surface area contributed by atoms with Crippen LogP contribution in [0.4, 0.5) is 0 Å². The fourth-order valence-corrected chi connectivity index (χ4v) is 2.29. The Balaban J connectivity index is 2.56. The lowest BCUT2D eigenvalue weighted by Crippen LogP contribution is -2.34. The van der Waals surface area contributed by atoms with E-state index in [1.807, 2.05) is 0 Å². The van der Waals surface area contributed by atoms with Gasteiger partial charge in [-0.15, -0.1) is 0 Å². The SMILES string of the molecule is Cc1cc(C)c2[nH]cc(CC(C)(C)N)c2c1. The summed E-state index contributed by atoms with van der Waals surface area (Å²) in [6.45, 7) is 8.41. The van der Waals surface area contributed by atoms with Crippen LogP contribution in [0.3, 0.4) is 0 Å². The van der Waals surface area contributed by atoms with Gasteiger partial charge in [0.2, 0.25) is 0 Å². The summed E-state index contributed by atoms with van der Waals surface area (Å²) in [5, 5.41) is 1.32. The van der Waals surface area contributed by atoms with Gasteiger partial charge in [0.25, 0.3) is 0 Å². The molecule has 0 fully saturated rings. The van der Waals surface area contributed by atoms with E-state index in [2.05, 4.69) is 51.0 Å². The predicted molar refractivity (Wildman–Crippen MR) is 69.7 cm³/mol. The second-order valence-corrected chi connectivity index (χ2v) is 5.48. The molecule has 0 saturated heterocycles. The Labute approximate surface area is 96.9 Å². The molecule has 3 N–H and O–H groups in total. The van der Waals surface area contributed by atoms with Gasteiger partial charge < -0.3 is 10.7 Å². The van der Waals surface area contributed by atoms with Gasteiger partial charge in [-0.1, -0.05) is 11.6 Å². The average Bonchev–Trinajstić information content (AvgIpc) is 2.46. The zero-order valence-corrected chi connectivity index (χ0v) is 10.5. The predicted octanol–water partition coefficient (Wildman–Crippen LogP) is 3.06. The number of benzene rings is 1. The molecule has 0 spiro atoms. The van der Waals surface area contributed by atoms with Gasteiger partial charge in [-0.2, -0.15) is 0 Å². The summed E-state index contributed by atoms with van der Waals surface area (Å²) < 4.78 is 0. The summed E-state index contributed by atoms with van der Waals surface area (Å²) in [4.78, 5) is 3.35. The van der Waals surface area contributed by atoms with Crippen LogP contribution in [0, 0.1) is 13.8 Å². The van der Waals surface area contributed by atoms with Crippen LogP contribution in [-0.2, 0) is 6.42 Å². The van der Waals surface area contributed by atoms with Crippen molar-refractivity contribution in [3.05, 3.63) is 35.0 Å². The number of aromatic amines is 1. The number of H-pyrrole nitrogens is 1. The number of aromatic nitrogens is 1. The maximum Gasteiger partial charge on any atom is 0.0486 e. The van der Waals surface area contributed by atoms with Crippen molar-refractivity contribution >= 4 is 10.9 Å². The summed E-state index contributed by atoms with van der Waals surface area (Å²) in [5.41, 5.74) is 11.1. The first kappa shape index (κ1) is 11.2. The molecule has 2 heteroatoms. The van der Waals surface area contributed by atoms with Crippen LogP contribution in [0.5, 0.6) is 0 Å². The molecule has 0 saturated carbocycles. The molecular formula is C14H20N2. The molecule has 0 atom stereocenters. The van der Waals surface area contributed by atoms with Crippen molar-refractivity contribution in [2.75, 3.05) is 0 Å². The van der Waals surface area contributed by atoms with Crippen LogP contribution in [0.2, 0.25) is 0 Å². The van der Waals surface area contributed by atoms with Gasteiger partial charge in [0.05, 0.1) is 0 Å². The van der Waals surface area contributed by atoms with Crippen molar-refractivity contribution in [3.8, 4) is 0 Å². The maximum atomic E-state index is 6.08. The Bertz CT molecular complexity index is 515. The second-order valence-electron chi connectivity index (χ2n) is 5.48. The normalized spacial score (nSPS) is 12.3. The van der Waals surface area contributed by atoms with E-state index < -0.39 is 0 Å². The van der Waals surface area contributed by atoms with Gasteiger partial charge in [0.15, 0.2) is 0 Å². The van der Waals surface area contributed by atoms with E-state index in [0.29, 0.717) is 0 Å². The molecule has 0 amide bonds. The number of hydrogen-bond acceptors (Lipinski definition) is 1. The summed E-state index contributed by atoms with van der Waals surface area (Å²) in [6, 6.07) is 4.44. The molecule has 1 aromatic carbocycles. The number of nitrogens with two attached hydrogens (primary N) is 1. The van der Waals surface area contributed by atoms with E-state index >= 15 is 0 Å².